The van der Waals surface area contributed by atoms with Crippen LogP contribution in [0.15, 0.2) is 65.6 Å². The van der Waals surface area contributed by atoms with Crippen molar-refractivity contribution in [2.75, 3.05) is 26.7 Å². The number of halogens is 3. The Bertz CT molecular complexity index is 1980. The van der Waals surface area contributed by atoms with Crippen molar-refractivity contribution < 1.29 is 31.2 Å². The second-order valence-electron chi connectivity index (χ2n) is 13.7. The van der Waals surface area contributed by atoms with Gasteiger partial charge in [-0.25, -0.2) is 26.6 Å². The standard InChI is InChI=1S/C36H40F3N5O4S/c1-23-40-32-8-3-4-9-33(32)44(23)28-19-26-10-11-27(20-28)43(26)17-14-36(24-6-5-7-25(37)18-24)12-15-42(16-13-36)35(45)29-21-34(31(39)22-30(29)38)49(46,47)41-48-2/h3-9,18,21-22,26-28,41H,10-17,19-20H2,1-2H3/t26-,27+,28?. The highest BCUT2D eigenvalue weighted by molar-refractivity contribution is 7.89. The molecule has 1 amide bonds. The third-order valence-corrected chi connectivity index (χ3v) is 12.3. The number of piperidine rings is 2. The van der Waals surface area contributed by atoms with E-state index in [9.17, 15) is 26.4 Å². The molecule has 2 bridgehead atoms. The molecule has 0 saturated carbocycles. The van der Waals surface area contributed by atoms with Gasteiger partial charge in [-0.3, -0.25) is 14.5 Å². The average molecular weight is 696 g/mol. The average Bonchev–Trinajstić information content (AvgIpc) is 3.53. The van der Waals surface area contributed by atoms with Crippen LogP contribution in [0, 0.1) is 24.4 Å². The second-order valence-corrected chi connectivity index (χ2v) is 15.3. The van der Waals surface area contributed by atoms with Crippen LogP contribution >= 0.6 is 0 Å². The number of carbonyl (C=O) groups excluding carboxylic acids is 1. The summed E-state index contributed by atoms with van der Waals surface area (Å²) in [4.78, 5) is 27.7. The Balaban J connectivity index is 1.09. The molecule has 0 aliphatic carbocycles. The SMILES string of the molecule is CONS(=O)(=O)c1cc(C(=O)N2CCC(CCN3[C@@H]4CC[C@H]3CC(n3c(C)nc5ccccc53)C4)(c3cccc(F)c3)CC2)c(F)cc1F. The summed E-state index contributed by atoms with van der Waals surface area (Å²) >= 11 is 0. The molecule has 4 heterocycles. The van der Waals surface area contributed by atoms with Crippen LogP contribution in [0.1, 0.15) is 72.7 Å². The number of aryl methyl sites for hydroxylation is 1. The summed E-state index contributed by atoms with van der Waals surface area (Å²) in [7, 11) is -3.44. The lowest BCUT2D eigenvalue weighted by Gasteiger charge is -2.45. The largest absolute Gasteiger partial charge is 0.338 e. The summed E-state index contributed by atoms with van der Waals surface area (Å²) in [5.41, 5.74) is 2.09. The van der Waals surface area contributed by atoms with Gasteiger partial charge in [0.1, 0.15) is 28.2 Å². The molecule has 1 N–H and O–H groups in total. The van der Waals surface area contributed by atoms with Gasteiger partial charge in [-0.1, -0.05) is 29.2 Å². The third kappa shape index (κ3) is 6.26. The molecule has 7 rings (SSSR count). The Morgan fingerprint density at radius 1 is 0.959 bits per heavy atom. The number of nitrogens with zero attached hydrogens (tertiary/aromatic N) is 4. The molecule has 13 heteroatoms. The van der Waals surface area contributed by atoms with E-state index in [0.29, 0.717) is 43.1 Å². The molecular weight excluding hydrogens is 655 g/mol. The number of nitrogens with one attached hydrogen (secondary N) is 1. The number of rotatable bonds is 9. The van der Waals surface area contributed by atoms with Crippen molar-refractivity contribution in [2.24, 2.45) is 0 Å². The Kier molecular flexibility index (Phi) is 9.05. The van der Waals surface area contributed by atoms with Crippen LogP contribution in [0.4, 0.5) is 13.2 Å². The molecule has 49 heavy (non-hydrogen) atoms. The van der Waals surface area contributed by atoms with Crippen LogP contribution < -0.4 is 4.89 Å². The van der Waals surface area contributed by atoms with Crippen molar-refractivity contribution in [3.8, 4) is 0 Å². The lowest BCUT2D eigenvalue weighted by Crippen LogP contribution is -2.49. The number of amides is 1. The van der Waals surface area contributed by atoms with Gasteiger partial charge in [-0.15, -0.1) is 0 Å². The first-order chi connectivity index (χ1) is 23.5. The van der Waals surface area contributed by atoms with E-state index >= 15 is 0 Å². The Labute approximate surface area is 284 Å². The van der Waals surface area contributed by atoms with E-state index in [0.717, 1.165) is 62.7 Å². The third-order valence-electron chi connectivity index (χ3n) is 11.0. The van der Waals surface area contributed by atoms with Gasteiger partial charge in [-0.05, 0) is 99.7 Å². The predicted molar refractivity (Wildman–Crippen MR) is 178 cm³/mol. The quantitative estimate of drug-likeness (QED) is 0.215. The number of sulfonamides is 1. The lowest BCUT2D eigenvalue weighted by atomic mass is 9.70. The summed E-state index contributed by atoms with van der Waals surface area (Å²) < 4.78 is 71.2. The van der Waals surface area contributed by atoms with Crippen LogP contribution in [0.2, 0.25) is 0 Å². The molecular formula is C36H40F3N5O4S. The van der Waals surface area contributed by atoms with Crippen LogP contribution in [0.5, 0.6) is 0 Å². The van der Waals surface area contributed by atoms with E-state index in [2.05, 4.69) is 39.4 Å². The number of benzene rings is 3. The van der Waals surface area contributed by atoms with Crippen molar-refractivity contribution >= 4 is 27.0 Å². The molecule has 0 radical (unpaired) electrons. The first-order valence-electron chi connectivity index (χ1n) is 16.8. The van der Waals surface area contributed by atoms with E-state index < -0.39 is 43.4 Å². The molecule has 0 spiro atoms. The fourth-order valence-corrected chi connectivity index (χ4v) is 9.55. The highest BCUT2D eigenvalue weighted by Crippen LogP contribution is 2.45. The van der Waals surface area contributed by atoms with Gasteiger partial charge in [0, 0.05) is 37.3 Å². The molecule has 1 unspecified atom stereocenters. The van der Waals surface area contributed by atoms with Gasteiger partial charge < -0.3 is 9.47 Å². The van der Waals surface area contributed by atoms with E-state index in [1.54, 1.807) is 17.0 Å². The Morgan fingerprint density at radius 2 is 1.67 bits per heavy atom. The number of imidazole rings is 1. The fourth-order valence-electron chi connectivity index (χ4n) is 8.65. The smallest absolute Gasteiger partial charge is 0.265 e. The molecule has 3 aliphatic rings. The van der Waals surface area contributed by atoms with Crippen molar-refractivity contribution in [2.45, 2.75) is 80.3 Å². The minimum Gasteiger partial charge on any atom is -0.338 e. The number of hydrogen-bond donors (Lipinski definition) is 1. The number of likely N-dealkylation sites (tertiary alicyclic amines) is 1. The number of fused-ring (bicyclic) bond motifs is 3. The summed E-state index contributed by atoms with van der Waals surface area (Å²) in [6.45, 7) is 3.40. The molecule has 3 saturated heterocycles. The maximum atomic E-state index is 14.9. The molecule has 3 fully saturated rings. The maximum Gasteiger partial charge on any atom is 0.265 e. The molecule has 9 nitrogen and oxygen atoms in total. The summed E-state index contributed by atoms with van der Waals surface area (Å²) in [5.74, 6) is -2.52. The first-order valence-corrected chi connectivity index (χ1v) is 18.3. The van der Waals surface area contributed by atoms with Crippen LogP contribution in [0.3, 0.4) is 0 Å². The number of hydrogen-bond acceptors (Lipinski definition) is 6. The van der Waals surface area contributed by atoms with E-state index in [-0.39, 0.29) is 18.9 Å². The Hall–Kier alpha value is -3.78. The van der Waals surface area contributed by atoms with Gasteiger partial charge >= 0.3 is 0 Å². The van der Waals surface area contributed by atoms with Gasteiger partial charge in [0.25, 0.3) is 15.9 Å². The van der Waals surface area contributed by atoms with E-state index in [1.807, 2.05) is 12.1 Å². The fraction of sp³-hybridized carbons (Fsp3) is 0.444. The van der Waals surface area contributed by atoms with Crippen molar-refractivity contribution in [3.63, 3.8) is 0 Å². The summed E-state index contributed by atoms with van der Waals surface area (Å²) in [6, 6.07) is 17.3. The normalized spacial score (nSPS) is 22.6. The Morgan fingerprint density at radius 3 is 2.37 bits per heavy atom. The molecule has 1 aromatic heterocycles. The number of para-hydroxylation sites is 2. The molecule has 260 valence electrons. The molecule has 3 aromatic carbocycles. The lowest BCUT2D eigenvalue weighted by molar-refractivity contribution is 0.0602. The predicted octanol–water partition coefficient (Wildman–Crippen LogP) is 6.03. The summed E-state index contributed by atoms with van der Waals surface area (Å²) in [6.07, 6.45) is 6.10. The molecule has 3 aliphatic heterocycles. The van der Waals surface area contributed by atoms with Crippen molar-refractivity contribution in [1.82, 2.24) is 24.2 Å². The highest BCUT2D eigenvalue weighted by atomic mass is 32.2. The van der Waals surface area contributed by atoms with Crippen LogP contribution in [-0.2, 0) is 20.3 Å². The monoisotopic (exact) mass is 695 g/mol. The molecule has 4 aromatic rings. The van der Waals surface area contributed by atoms with Crippen LogP contribution in [-0.4, -0.2) is 72.5 Å². The van der Waals surface area contributed by atoms with Crippen molar-refractivity contribution in [3.05, 3.63) is 95.1 Å². The van der Waals surface area contributed by atoms with E-state index in [1.165, 1.54) is 16.5 Å². The zero-order chi connectivity index (χ0) is 34.5. The van der Waals surface area contributed by atoms with Gasteiger partial charge in [0.15, 0.2) is 0 Å². The second kappa shape index (κ2) is 13.2. The first kappa shape index (κ1) is 33.7. The summed E-state index contributed by atoms with van der Waals surface area (Å²) in [5, 5.41) is 0. The molecule has 3 atom stereocenters. The van der Waals surface area contributed by atoms with Gasteiger partial charge in [0.2, 0.25) is 0 Å². The van der Waals surface area contributed by atoms with Gasteiger partial charge in [-0.2, -0.15) is 0 Å². The minimum absolute atomic E-state index is 0.243. The van der Waals surface area contributed by atoms with E-state index in [4.69, 9.17) is 4.98 Å². The number of aromatic nitrogens is 2. The topological polar surface area (TPSA) is 96.8 Å². The zero-order valence-electron chi connectivity index (χ0n) is 27.5. The van der Waals surface area contributed by atoms with Crippen LogP contribution in [0.25, 0.3) is 11.0 Å². The minimum atomic E-state index is -4.48. The number of carbonyl (C=O) groups is 1. The van der Waals surface area contributed by atoms with Gasteiger partial charge in [0.05, 0.1) is 23.7 Å². The zero-order valence-corrected chi connectivity index (χ0v) is 28.4. The maximum absolute atomic E-state index is 14.9. The van der Waals surface area contributed by atoms with Crippen molar-refractivity contribution in [1.29, 1.82) is 0 Å². The highest BCUT2D eigenvalue weighted by Gasteiger charge is 2.44.